The minimum Gasteiger partial charge on any atom is -0.497 e. The Morgan fingerprint density at radius 2 is 2.06 bits per heavy atom. The summed E-state index contributed by atoms with van der Waals surface area (Å²) in [5.41, 5.74) is 0.557. The highest BCUT2D eigenvalue weighted by atomic mass is 16.5. The summed E-state index contributed by atoms with van der Waals surface area (Å²) < 4.78 is 5.03. The molecule has 17 heavy (non-hydrogen) atoms. The number of rotatable bonds is 6. The molecular weight excluding hydrogens is 220 g/mol. The molecule has 0 saturated heterocycles. The van der Waals surface area contributed by atoms with Crippen molar-refractivity contribution >= 4 is 11.8 Å². The normalized spacial score (nSPS) is 11.9. The fourth-order valence-corrected chi connectivity index (χ4v) is 1.60. The van der Waals surface area contributed by atoms with E-state index in [9.17, 15) is 9.59 Å². The fourth-order valence-electron chi connectivity index (χ4n) is 1.60. The first-order valence-electron chi connectivity index (χ1n) is 5.42. The Balaban J connectivity index is 2.66. The number of carboxylic acids is 1. The van der Waals surface area contributed by atoms with Gasteiger partial charge < -0.3 is 9.84 Å². The van der Waals surface area contributed by atoms with E-state index in [1.807, 2.05) is 0 Å². The molecular formula is C13H16O4. The van der Waals surface area contributed by atoms with E-state index in [2.05, 4.69) is 0 Å². The molecule has 0 amide bonds. The molecule has 0 bridgehead atoms. The van der Waals surface area contributed by atoms with Crippen molar-refractivity contribution < 1.29 is 19.4 Å². The molecule has 4 heteroatoms. The molecule has 1 N–H and O–H groups in total. The highest BCUT2D eigenvalue weighted by molar-refractivity contribution is 5.96. The summed E-state index contributed by atoms with van der Waals surface area (Å²) in [5, 5.41) is 8.62. The maximum absolute atomic E-state index is 11.9. The van der Waals surface area contributed by atoms with Crippen LogP contribution in [0.25, 0.3) is 0 Å². The van der Waals surface area contributed by atoms with Crippen LogP contribution in [0, 0.1) is 5.92 Å². The third-order valence-electron chi connectivity index (χ3n) is 2.45. The first kappa shape index (κ1) is 13.2. The van der Waals surface area contributed by atoms with E-state index in [1.165, 1.54) is 7.11 Å². The van der Waals surface area contributed by atoms with Crippen molar-refractivity contribution in [3.05, 3.63) is 29.8 Å². The van der Waals surface area contributed by atoms with Crippen molar-refractivity contribution in [2.24, 2.45) is 5.92 Å². The molecule has 1 aromatic carbocycles. The highest BCUT2D eigenvalue weighted by Crippen LogP contribution is 2.17. The summed E-state index contributed by atoms with van der Waals surface area (Å²) in [6.07, 6.45) is 0.245. The second-order valence-electron chi connectivity index (χ2n) is 4.06. The molecule has 0 saturated carbocycles. The molecule has 0 aromatic heterocycles. The Morgan fingerprint density at radius 1 is 1.35 bits per heavy atom. The number of hydrogen-bond donors (Lipinski definition) is 1. The number of methoxy groups -OCH3 is 1. The number of Topliss-reactive ketones (excluding diaryl/α,β-unsaturated/α-hetero) is 1. The minimum atomic E-state index is -0.879. The van der Waals surface area contributed by atoms with E-state index in [1.54, 1.807) is 31.2 Å². The van der Waals surface area contributed by atoms with E-state index in [0.717, 1.165) is 0 Å². The Bertz CT molecular complexity index is 412. The molecule has 0 radical (unpaired) electrons. The van der Waals surface area contributed by atoms with Crippen molar-refractivity contribution in [2.75, 3.05) is 7.11 Å². The van der Waals surface area contributed by atoms with Gasteiger partial charge >= 0.3 is 5.97 Å². The lowest BCUT2D eigenvalue weighted by atomic mass is 9.97. The molecule has 0 aliphatic heterocycles. The van der Waals surface area contributed by atoms with E-state index in [-0.39, 0.29) is 24.5 Å². The van der Waals surface area contributed by atoms with E-state index < -0.39 is 5.97 Å². The van der Waals surface area contributed by atoms with Crippen molar-refractivity contribution in [1.29, 1.82) is 0 Å². The average Bonchev–Trinajstić information content (AvgIpc) is 2.27. The molecule has 1 aromatic rings. The predicted octanol–water partition coefficient (Wildman–Crippen LogP) is 2.38. The molecule has 0 unspecified atom stereocenters. The second kappa shape index (κ2) is 6.03. The Hall–Kier alpha value is -1.84. The lowest BCUT2D eigenvalue weighted by Crippen LogP contribution is -2.10. The number of ether oxygens (including phenoxy) is 1. The summed E-state index contributed by atoms with van der Waals surface area (Å²) in [7, 11) is 1.54. The SMILES string of the molecule is COc1cccc(C(=O)C[C@H](C)CC(=O)O)c1. The number of carbonyl (C=O) groups is 2. The summed E-state index contributed by atoms with van der Waals surface area (Å²) in [4.78, 5) is 22.4. The van der Waals surface area contributed by atoms with Crippen LogP contribution >= 0.6 is 0 Å². The molecule has 92 valence electrons. The Morgan fingerprint density at radius 3 is 2.65 bits per heavy atom. The van der Waals surface area contributed by atoms with Crippen LogP contribution in [-0.2, 0) is 4.79 Å². The maximum atomic E-state index is 11.9. The zero-order valence-corrected chi connectivity index (χ0v) is 9.97. The van der Waals surface area contributed by atoms with Gasteiger partial charge in [-0.25, -0.2) is 0 Å². The number of carboxylic acid groups (broad SMARTS) is 1. The van der Waals surface area contributed by atoms with Gasteiger partial charge in [-0.05, 0) is 18.1 Å². The lowest BCUT2D eigenvalue weighted by Gasteiger charge is -2.08. The molecule has 0 aliphatic carbocycles. The largest absolute Gasteiger partial charge is 0.497 e. The third-order valence-corrected chi connectivity index (χ3v) is 2.45. The lowest BCUT2D eigenvalue weighted by molar-refractivity contribution is -0.137. The highest BCUT2D eigenvalue weighted by Gasteiger charge is 2.14. The third kappa shape index (κ3) is 4.26. The van der Waals surface area contributed by atoms with E-state index in [4.69, 9.17) is 9.84 Å². The van der Waals surface area contributed by atoms with Crippen molar-refractivity contribution in [2.45, 2.75) is 19.8 Å². The standard InChI is InChI=1S/C13H16O4/c1-9(7-13(15)16)6-12(14)10-4-3-5-11(8-10)17-2/h3-5,8-9H,6-7H2,1-2H3,(H,15,16)/t9-/m0/s1. The molecule has 1 atom stereocenters. The summed E-state index contributed by atoms with van der Waals surface area (Å²) in [5.74, 6) is -0.471. The van der Waals surface area contributed by atoms with Gasteiger partial charge in [-0.1, -0.05) is 19.1 Å². The molecule has 0 heterocycles. The number of benzene rings is 1. The number of carbonyl (C=O) groups excluding carboxylic acids is 1. The Labute approximate surface area is 100 Å². The topological polar surface area (TPSA) is 63.6 Å². The summed E-state index contributed by atoms with van der Waals surface area (Å²) in [6.45, 7) is 1.76. The summed E-state index contributed by atoms with van der Waals surface area (Å²) >= 11 is 0. The van der Waals surface area contributed by atoms with Crippen LogP contribution in [0.1, 0.15) is 30.1 Å². The second-order valence-corrected chi connectivity index (χ2v) is 4.06. The fraction of sp³-hybridized carbons (Fsp3) is 0.385. The minimum absolute atomic E-state index is 0.00963. The first-order valence-corrected chi connectivity index (χ1v) is 5.42. The number of ketones is 1. The molecule has 1 rings (SSSR count). The molecule has 0 aliphatic rings. The van der Waals surface area contributed by atoms with Gasteiger partial charge in [-0.2, -0.15) is 0 Å². The van der Waals surface area contributed by atoms with Crippen molar-refractivity contribution in [3.8, 4) is 5.75 Å². The van der Waals surface area contributed by atoms with Gasteiger partial charge in [0.2, 0.25) is 0 Å². The van der Waals surface area contributed by atoms with Gasteiger partial charge in [0.15, 0.2) is 5.78 Å². The van der Waals surface area contributed by atoms with Crippen molar-refractivity contribution in [3.63, 3.8) is 0 Å². The van der Waals surface area contributed by atoms with Crippen LogP contribution in [0.4, 0.5) is 0 Å². The van der Waals surface area contributed by atoms with Gasteiger partial charge in [0.25, 0.3) is 0 Å². The van der Waals surface area contributed by atoms with Crippen LogP contribution < -0.4 is 4.74 Å². The molecule has 0 fully saturated rings. The van der Waals surface area contributed by atoms with E-state index in [0.29, 0.717) is 11.3 Å². The van der Waals surface area contributed by atoms with Gasteiger partial charge in [-0.15, -0.1) is 0 Å². The average molecular weight is 236 g/mol. The monoisotopic (exact) mass is 236 g/mol. The molecule has 0 spiro atoms. The zero-order valence-electron chi connectivity index (χ0n) is 9.97. The first-order chi connectivity index (χ1) is 8.02. The maximum Gasteiger partial charge on any atom is 0.303 e. The quantitative estimate of drug-likeness (QED) is 0.770. The smallest absolute Gasteiger partial charge is 0.303 e. The van der Waals surface area contributed by atoms with Gasteiger partial charge in [0.05, 0.1) is 7.11 Å². The van der Waals surface area contributed by atoms with Gasteiger partial charge in [0.1, 0.15) is 5.75 Å². The van der Waals surface area contributed by atoms with Gasteiger partial charge in [-0.3, -0.25) is 9.59 Å². The van der Waals surface area contributed by atoms with Crippen LogP contribution in [0.15, 0.2) is 24.3 Å². The number of hydrogen-bond acceptors (Lipinski definition) is 3. The van der Waals surface area contributed by atoms with Crippen LogP contribution in [0.5, 0.6) is 5.75 Å². The van der Waals surface area contributed by atoms with Crippen molar-refractivity contribution in [1.82, 2.24) is 0 Å². The summed E-state index contributed by atoms with van der Waals surface area (Å²) in [6, 6.07) is 6.87. The zero-order chi connectivity index (χ0) is 12.8. The number of aliphatic carboxylic acids is 1. The Kier molecular flexibility index (Phi) is 4.69. The van der Waals surface area contributed by atoms with Crippen LogP contribution in [-0.4, -0.2) is 24.0 Å². The van der Waals surface area contributed by atoms with Gasteiger partial charge in [0, 0.05) is 18.4 Å². The van der Waals surface area contributed by atoms with Crippen LogP contribution in [0.3, 0.4) is 0 Å². The van der Waals surface area contributed by atoms with Crippen LogP contribution in [0.2, 0.25) is 0 Å². The molecule has 4 nitrogen and oxygen atoms in total. The predicted molar refractivity (Wildman–Crippen MR) is 63.4 cm³/mol. The van der Waals surface area contributed by atoms with E-state index >= 15 is 0 Å².